The fourth-order valence-electron chi connectivity index (χ4n) is 1.91. The Morgan fingerprint density at radius 3 is 2.30 bits per heavy atom. The van der Waals surface area contributed by atoms with E-state index in [4.69, 9.17) is 28.0 Å². The molecule has 2 rings (SSSR count). The Labute approximate surface area is 187 Å². The zero-order valence-corrected chi connectivity index (χ0v) is 18.3. The zero-order chi connectivity index (χ0) is 22.1. The molecule has 0 aromatic carbocycles. The smallest absolute Gasteiger partial charge is 0.276 e. The number of thiazole rings is 2. The summed E-state index contributed by atoms with van der Waals surface area (Å²) in [6.45, 7) is 0. The second-order valence-electron chi connectivity index (χ2n) is 5.19. The molecule has 2 aromatic rings. The summed E-state index contributed by atoms with van der Waals surface area (Å²) in [4.78, 5) is 59.7. The van der Waals surface area contributed by atoms with Gasteiger partial charge in [0.1, 0.15) is 36.9 Å². The van der Waals surface area contributed by atoms with Crippen LogP contribution in [0.3, 0.4) is 0 Å². The van der Waals surface area contributed by atoms with Crippen molar-refractivity contribution in [2.45, 2.75) is 6.04 Å². The van der Waals surface area contributed by atoms with E-state index in [1.807, 2.05) is 0 Å². The monoisotopic (exact) mass is 492 g/mol. The van der Waals surface area contributed by atoms with Crippen LogP contribution in [-0.2, 0) is 24.0 Å². The average molecular weight is 493 g/mol. The number of aldehydes is 1. The number of halogens is 2. The van der Waals surface area contributed by atoms with E-state index in [9.17, 15) is 19.2 Å². The molecule has 3 N–H and O–H groups in total. The van der Waals surface area contributed by atoms with Crippen LogP contribution in [0.5, 0.6) is 0 Å². The van der Waals surface area contributed by atoms with Crippen molar-refractivity contribution in [3.8, 4) is 0 Å². The molecule has 2 heterocycles. The Balaban J connectivity index is 2.15. The number of anilines is 2. The number of oxime groups is 1. The molecule has 0 aliphatic heterocycles. The highest BCUT2D eigenvalue weighted by Crippen LogP contribution is 2.21. The molecule has 11 nitrogen and oxygen atoms in total. The number of nitrogens with one attached hydrogen (secondary N) is 3. The third kappa shape index (κ3) is 6.45. The lowest BCUT2D eigenvalue weighted by Gasteiger charge is -2.10. The number of carbonyl (C=O) groups excluding carboxylic acids is 4. The van der Waals surface area contributed by atoms with Crippen molar-refractivity contribution >= 4 is 85.9 Å². The molecule has 30 heavy (non-hydrogen) atoms. The molecule has 0 saturated heterocycles. The Hall–Kier alpha value is -2.61. The van der Waals surface area contributed by atoms with Crippen molar-refractivity contribution in [2.24, 2.45) is 5.16 Å². The van der Waals surface area contributed by atoms with Crippen molar-refractivity contribution in [3.63, 3.8) is 0 Å². The lowest BCUT2D eigenvalue weighted by molar-refractivity contribution is -0.119. The van der Waals surface area contributed by atoms with E-state index in [0.717, 1.165) is 22.7 Å². The highest BCUT2D eigenvalue weighted by molar-refractivity contribution is 7.14. The lowest BCUT2D eigenvalue weighted by Crippen LogP contribution is -2.36. The maximum Gasteiger partial charge on any atom is 0.276 e. The minimum atomic E-state index is -1.12. The van der Waals surface area contributed by atoms with Gasteiger partial charge in [-0.15, -0.1) is 45.9 Å². The molecule has 0 aliphatic carbocycles. The summed E-state index contributed by atoms with van der Waals surface area (Å²) in [5.41, 5.74) is 0.0958. The predicted molar refractivity (Wildman–Crippen MR) is 113 cm³/mol. The SMILES string of the molecule is CO/N=C(\C(=O)NC(C=O)c1csc(NC(=O)CCl)n1)c1csc(NC(=O)CCl)n1. The van der Waals surface area contributed by atoms with Crippen molar-refractivity contribution < 1.29 is 24.0 Å². The van der Waals surface area contributed by atoms with E-state index < -0.39 is 23.8 Å². The molecule has 2 aromatic heterocycles. The summed E-state index contributed by atoms with van der Waals surface area (Å²) in [6, 6.07) is -1.12. The second kappa shape index (κ2) is 11.5. The highest BCUT2D eigenvalue weighted by atomic mass is 35.5. The Bertz CT molecular complexity index is 963. The maximum atomic E-state index is 12.7. The van der Waals surface area contributed by atoms with E-state index in [2.05, 4.69) is 31.1 Å². The topological polar surface area (TPSA) is 152 Å². The molecule has 0 aliphatic rings. The van der Waals surface area contributed by atoms with Crippen LogP contribution in [0, 0.1) is 0 Å². The van der Waals surface area contributed by atoms with E-state index in [0.29, 0.717) is 6.29 Å². The van der Waals surface area contributed by atoms with Crippen molar-refractivity contribution in [1.29, 1.82) is 0 Å². The predicted octanol–water partition coefficient (Wildman–Crippen LogP) is 1.36. The summed E-state index contributed by atoms with van der Waals surface area (Å²) < 4.78 is 0. The summed E-state index contributed by atoms with van der Waals surface area (Å²) in [5.74, 6) is -2.20. The molecular formula is C15H14Cl2N6O5S2. The summed E-state index contributed by atoms with van der Waals surface area (Å²) in [6.07, 6.45) is 0.470. The third-order valence-corrected chi connectivity index (χ3v) is 5.16. The summed E-state index contributed by atoms with van der Waals surface area (Å²) in [5, 5.41) is 14.4. The van der Waals surface area contributed by atoms with Crippen LogP contribution in [0.1, 0.15) is 17.4 Å². The van der Waals surface area contributed by atoms with E-state index in [-0.39, 0.29) is 39.1 Å². The molecule has 3 amide bonds. The first-order valence-corrected chi connectivity index (χ1v) is 10.7. The first-order chi connectivity index (χ1) is 14.4. The van der Waals surface area contributed by atoms with Gasteiger partial charge in [0, 0.05) is 10.8 Å². The van der Waals surface area contributed by atoms with Crippen LogP contribution in [0.2, 0.25) is 0 Å². The average Bonchev–Trinajstić information content (AvgIpc) is 3.39. The highest BCUT2D eigenvalue weighted by Gasteiger charge is 2.24. The van der Waals surface area contributed by atoms with Crippen molar-refractivity contribution in [3.05, 3.63) is 22.1 Å². The van der Waals surface area contributed by atoms with Crippen molar-refractivity contribution in [2.75, 3.05) is 29.5 Å². The normalized spacial score (nSPS) is 12.0. The van der Waals surface area contributed by atoms with Gasteiger partial charge in [-0.05, 0) is 0 Å². The minimum Gasteiger partial charge on any atom is -0.398 e. The first kappa shape index (κ1) is 23.7. The molecule has 0 fully saturated rings. The minimum absolute atomic E-state index is 0.113. The van der Waals surface area contributed by atoms with E-state index >= 15 is 0 Å². The molecule has 0 radical (unpaired) electrons. The number of nitrogens with zero attached hydrogens (tertiary/aromatic N) is 3. The molecule has 1 atom stereocenters. The number of carbonyl (C=O) groups is 4. The molecule has 15 heteroatoms. The van der Waals surface area contributed by atoms with Crippen LogP contribution in [0.25, 0.3) is 0 Å². The van der Waals surface area contributed by atoms with Crippen LogP contribution >= 0.6 is 45.9 Å². The largest absolute Gasteiger partial charge is 0.398 e. The van der Waals surface area contributed by atoms with Gasteiger partial charge in [0.2, 0.25) is 11.8 Å². The molecule has 0 spiro atoms. The maximum absolute atomic E-state index is 12.7. The first-order valence-electron chi connectivity index (χ1n) is 7.92. The number of hydrogen-bond donors (Lipinski definition) is 3. The summed E-state index contributed by atoms with van der Waals surface area (Å²) in [7, 11) is 1.24. The summed E-state index contributed by atoms with van der Waals surface area (Å²) >= 11 is 13.0. The molecule has 160 valence electrons. The molecule has 0 saturated carbocycles. The Morgan fingerprint density at radius 1 is 1.13 bits per heavy atom. The molecule has 0 bridgehead atoms. The number of aromatic nitrogens is 2. The van der Waals surface area contributed by atoms with Gasteiger partial charge in [-0.1, -0.05) is 5.16 Å². The van der Waals surface area contributed by atoms with Gasteiger partial charge in [-0.2, -0.15) is 0 Å². The quantitative estimate of drug-likeness (QED) is 0.196. The molecule has 1 unspecified atom stereocenters. The number of amides is 3. The molecular weight excluding hydrogens is 479 g/mol. The Kier molecular flexibility index (Phi) is 9.11. The van der Waals surface area contributed by atoms with Gasteiger partial charge in [0.05, 0.1) is 5.69 Å². The van der Waals surface area contributed by atoms with Gasteiger partial charge < -0.3 is 25.6 Å². The fourth-order valence-corrected chi connectivity index (χ4v) is 3.52. The van der Waals surface area contributed by atoms with Crippen molar-refractivity contribution in [1.82, 2.24) is 15.3 Å². The van der Waals surface area contributed by atoms with Crippen LogP contribution in [-0.4, -0.2) is 58.6 Å². The Morgan fingerprint density at radius 2 is 1.73 bits per heavy atom. The van der Waals surface area contributed by atoms with Crippen LogP contribution in [0.15, 0.2) is 15.9 Å². The fraction of sp³-hybridized carbons (Fsp3) is 0.267. The number of alkyl halides is 2. The number of hydrogen-bond acceptors (Lipinski definition) is 10. The standard InChI is InChI=1S/C15H14Cl2N6O5S2/c1-28-23-12(9-6-30-15(20-9)22-11(26)3-17)13(27)18-7(4-24)8-5-29-14(19-8)21-10(25)2-16/h4-7H,2-3H2,1H3,(H,18,27)(H,19,21,25)(H,20,22,26)/b23-12-. The van der Waals surface area contributed by atoms with Crippen LogP contribution < -0.4 is 16.0 Å². The van der Waals surface area contributed by atoms with E-state index in [1.165, 1.54) is 17.9 Å². The van der Waals surface area contributed by atoms with Gasteiger partial charge >= 0.3 is 0 Å². The van der Waals surface area contributed by atoms with Crippen LogP contribution in [0.4, 0.5) is 10.3 Å². The second-order valence-corrected chi connectivity index (χ2v) is 7.44. The zero-order valence-electron chi connectivity index (χ0n) is 15.2. The van der Waals surface area contributed by atoms with Gasteiger partial charge in [-0.25, -0.2) is 9.97 Å². The van der Waals surface area contributed by atoms with Gasteiger partial charge in [-0.3, -0.25) is 14.4 Å². The lowest BCUT2D eigenvalue weighted by atomic mass is 10.2. The van der Waals surface area contributed by atoms with Gasteiger partial charge in [0.15, 0.2) is 16.0 Å². The number of rotatable bonds is 10. The van der Waals surface area contributed by atoms with E-state index in [1.54, 1.807) is 0 Å². The third-order valence-electron chi connectivity index (χ3n) is 3.14. The van der Waals surface area contributed by atoms with Gasteiger partial charge in [0.25, 0.3) is 5.91 Å².